The van der Waals surface area contributed by atoms with Crippen LogP contribution in [0.3, 0.4) is 0 Å². The highest BCUT2D eigenvalue weighted by Crippen LogP contribution is 2.21. The number of nitrogens with one attached hydrogen (secondary N) is 1. The predicted octanol–water partition coefficient (Wildman–Crippen LogP) is 2.29. The zero-order valence-corrected chi connectivity index (χ0v) is 11.6. The number of nitrogens with zero attached hydrogens (tertiary/aromatic N) is 2. The maximum Gasteiger partial charge on any atom is 0.0541 e. The van der Waals surface area contributed by atoms with Crippen molar-refractivity contribution in [2.45, 2.75) is 39.3 Å². The van der Waals surface area contributed by atoms with E-state index < -0.39 is 0 Å². The number of rotatable bonds is 5. The second kappa shape index (κ2) is 6.86. The highest BCUT2D eigenvalue weighted by molar-refractivity contribution is 5.02. The van der Waals surface area contributed by atoms with Crippen LogP contribution in [0.25, 0.3) is 0 Å². The molecule has 2 rings (SSSR count). The van der Waals surface area contributed by atoms with Gasteiger partial charge in [0.15, 0.2) is 0 Å². The topological polar surface area (TPSA) is 28.2 Å². The van der Waals surface area contributed by atoms with E-state index in [1.54, 1.807) is 0 Å². The van der Waals surface area contributed by atoms with Gasteiger partial charge in [-0.2, -0.15) is 0 Å². The number of pyridine rings is 1. The molecule has 3 heteroatoms. The second-order valence-electron chi connectivity index (χ2n) is 5.39. The SMILES string of the molecule is CC1CCCN(CCNCc2ccccn2)C1C. The van der Waals surface area contributed by atoms with Gasteiger partial charge in [-0.05, 0) is 44.4 Å². The first kappa shape index (κ1) is 13.5. The quantitative estimate of drug-likeness (QED) is 0.809. The molecule has 2 atom stereocenters. The number of hydrogen-bond donors (Lipinski definition) is 1. The Kier molecular flexibility index (Phi) is 5.14. The van der Waals surface area contributed by atoms with E-state index in [1.165, 1.54) is 19.4 Å². The van der Waals surface area contributed by atoms with Gasteiger partial charge >= 0.3 is 0 Å². The smallest absolute Gasteiger partial charge is 0.0541 e. The van der Waals surface area contributed by atoms with Crippen LogP contribution in [0, 0.1) is 5.92 Å². The highest BCUT2D eigenvalue weighted by atomic mass is 15.2. The van der Waals surface area contributed by atoms with Crippen LogP contribution in [0.15, 0.2) is 24.4 Å². The van der Waals surface area contributed by atoms with Crippen molar-refractivity contribution < 1.29 is 0 Å². The van der Waals surface area contributed by atoms with Gasteiger partial charge in [-0.25, -0.2) is 0 Å². The van der Waals surface area contributed by atoms with E-state index in [9.17, 15) is 0 Å². The van der Waals surface area contributed by atoms with E-state index in [-0.39, 0.29) is 0 Å². The van der Waals surface area contributed by atoms with Gasteiger partial charge in [-0.1, -0.05) is 13.0 Å². The van der Waals surface area contributed by atoms with Crippen molar-refractivity contribution in [2.75, 3.05) is 19.6 Å². The van der Waals surface area contributed by atoms with Crippen LogP contribution in [0.5, 0.6) is 0 Å². The summed E-state index contributed by atoms with van der Waals surface area (Å²) in [6.45, 7) is 9.07. The second-order valence-corrected chi connectivity index (χ2v) is 5.39. The molecular formula is C15H25N3. The van der Waals surface area contributed by atoms with Crippen LogP contribution in [0.1, 0.15) is 32.4 Å². The number of aromatic nitrogens is 1. The minimum atomic E-state index is 0.732. The third kappa shape index (κ3) is 3.79. The van der Waals surface area contributed by atoms with Crippen LogP contribution in [-0.4, -0.2) is 35.6 Å². The Hall–Kier alpha value is -0.930. The summed E-state index contributed by atoms with van der Waals surface area (Å²) in [5.74, 6) is 0.842. The molecule has 0 aliphatic carbocycles. The molecule has 2 heterocycles. The Balaban J connectivity index is 1.66. The van der Waals surface area contributed by atoms with Crippen molar-refractivity contribution in [1.82, 2.24) is 15.2 Å². The first-order chi connectivity index (χ1) is 8.77. The molecule has 1 saturated heterocycles. The summed E-state index contributed by atoms with van der Waals surface area (Å²) in [4.78, 5) is 6.92. The van der Waals surface area contributed by atoms with Crippen LogP contribution in [0.2, 0.25) is 0 Å². The van der Waals surface area contributed by atoms with Gasteiger partial charge in [0.25, 0.3) is 0 Å². The minimum Gasteiger partial charge on any atom is -0.310 e. The standard InChI is InChI=1S/C15H25N3/c1-13-6-5-10-18(14(13)2)11-9-16-12-15-7-3-4-8-17-15/h3-4,7-8,13-14,16H,5-6,9-12H2,1-2H3. The van der Waals surface area contributed by atoms with E-state index in [4.69, 9.17) is 0 Å². The lowest BCUT2D eigenvalue weighted by Crippen LogP contribution is -2.45. The summed E-state index contributed by atoms with van der Waals surface area (Å²) in [5, 5.41) is 3.48. The Bertz CT molecular complexity index is 339. The van der Waals surface area contributed by atoms with E-state index in [0.717, 1.165) is 37.3 Å². The average molecular weight is 247 g/mol. The van der Waals surface area contributed by atoms with Gasteiger partial charge in [0.1, 0.15) is 0 Å². The largest absolute Gasteiger partial charge is 0.310 e. The zero-order valence-electron chi connectivity index (χ0n) is 11.6. The lowest BCUT2D eigenvalue weighted by molar-refractivity contribution is 0.115. The van der Waals surface area contributed by atoms with Crippen LogP contribution >= 0.6 is 0 Å². The molecule has 0 saturated carbocycles. The molecule has 3 nitrogen and oxygen atoms in total. The molecule has 0 amide bonds. The minimum absolute atomic E-state index is 0.732. The van der Waals surface area contributed by atoms with Crippen molar-refractivity contribution in [3.8, 4) is 0 Å². The number of hydrogen-bond acceptors (Lipinski definition) is 3. The lowest BCUT2D eigenvalue weighted by Gasteiger charge is -2.37. The van der Waals surface area contributed by atoms with Crippen molar-refractivity contribution in [3.63, 3.8) is 0 Å². The molecule has 0 spiro atoms. The third-order valence-electron chi connectivity index (χ3n) is 4.11. The molecule has 18 heavy (non-hydrogen) atoms. The van der Waals surface area contributed by atoms with Crippen LogP contribution in [0.4, 0.5) is 0 Å². The highest BCUT2D eigenvalue weighted by Gasteiger charge is 2.23. The molecule has 1 aromatic rings. The van der Waals surface area contributed by atoms with Crippen LogP contribution < -0.4 is 5.32 Å². The summed E-state index contributed by atoms with van der Waals surface area (Å²) in [6.07, 6.45) is 4.59. The molecule has 2 unspecified atom stereocenters. The molecule has 1 N–H and O–H groups in total. The molecule has 1 fully saturated rings. The van der Waals surface area contributed by atoms with Gasteiger partial charge in [0.2, 0.25) is 0 Å². The molecule has 0 bridgehead atoms. The molecule has 100 valence electrons. The summed E-state index contributed by atoms with van der Waals surface area (Å²) in [5.41, 5.74) is 1.12. The molecule has 1 aromatic heterocycles. The monoisotopic (exact) mass is 247 g/mol. The Morgan fingerprint density at radius 3 is 3.06 bits per heavy atom. The molecule has 1 aliphatic rings. The van der Waals surface area contributed by atoms with Gasteiger partial charge in [0.05, 0.1) is 5.69 Å². The Morgan fingerprint density at radius 1 is 1.39 bits per heavy atom. The third-order valence-corrected chi connectivity index (χ3v) is 4.11. The number of likely N-dealkylation sites (tertiary alicyclic amines) is 1. The fraction of sp³-hybridized carbons (Fsp3) is 0.667. The van der Waals surface area contributed by atoms with Crippen molar-refractivity contribution in [1.29, 1.82) is 0 Å². The van der Waals surface area contributed by atoms with Gasteiger partial charge in [-0.3, -0.25) is 9.88 Å². The van der Waals surface area contributed by atoms with Gasteiger partial charge < -0.3 is 5.32 Å². The molecule has 0 radical (unpaired) electrons. The zero-order chi connectivity index (χ0) is 12.8. The summed E-state index contributed by atoms with van der Waals surface area (Å²) >= 11 is 0. The molecular weight excluding hydrogens is 222 g/mol. The first-order valence-electron chi connectivity index (χ1n) is 7.12. The van der Waals surface area contributed by atoms with Crippen molar-refractivity contribution in [2.24, 2.45) is 5.92 Å². The van der Waals surface area contributed by atoms with Crippen molar-refractivity contribution in [3.05, 3.63) is 30.1 Å². The summed E-state index contributed by atoms with van der Waals surface area (Å²) in [7, 11) is 0. The van der Waals surface area contributed by atoms with Gasteiger partial charge in [0, 0.05) is 31.9 Å². The maximum absolute atomic E-state index is 4.31. The van der Waals surface area contributed by atoms with Crippen molar-refractivity contribution >= 4 is 0 Å². The summed E-state index contributed by atoms with van der Waals surface area (Å²) in [6, 6.07) is 6.80. The molecule has 1 aliphatic heterocycles. The fourth-order valence-corrected chi connectivity index (χ4v) is 2.68. The normalized spacial score (nSPS) is 25.2. The fourth-order valence-electron chi connectivity index (χ4n) is 2.68. The maximum atomic E-state index is 4.31. The number of piperidine rings is 1. The van der Waals surface area contributed by atoms with Crippen LogP contribution in [-0.2, 0) is 6.54 Å². The first-order valence-corrected chi connectivity index (χ1v) is 7.12. The van der Waals surface area contributed by atoms with Gasteiger partial charge in [-0.15, -0.1) is 0 Å². The van der Waals surface area contributed by atoms with E-state index >= 15 is 0 Å². The average Bonchev–Trinajstić information content (AvgIpc) is 2.40. The Morgan fingerprint density at radius 2 is 2.28 bits per heavy atom. The molecule has 0 aromatic carbocycles. The van der Waals surface area contributed by atoms with E-state index in [2.05, 4.69) is 35.1 Å². The van der Waals surface area contributed by atoms with E-state index in [0.29, 0.717) is 0 Å². The summed E-state index contributed by atoms with van der Waals surface area (Å²) < 4.78 is 0. The predicted molar refractivity (Wildman–Crippen MR) is 75.4 cm³/mol. The van der Waals surface area contributed by atoms with E-state index in [1.807, 2.05) is 18.3 Å². The lowest BCUT2D eigenvalue weighted by atomic mass is 9.92. The Labute approximate surface area is 111 Å².